The minimum Gasteiger partial charge on any atom is -0.346 e. The van der Waals surface area contributed by atoms with Crippen LogP contribution in [-0.4, -0.2) is 33.4 Å². The van der Waals surface area contributed by atoms with Gasteiger partial charge < -0.3 is 11.1 Å². The van der Waals surface area contributed by atoms with Crippen molar-refractivity contribution in [1.82, 2.24) is 20.7 Å². The molecule has 0 bridgehead atoms. The van der Waals surface area contributed by atoms with E-state index in [4.69, 9.17) is 5.73 Å². The number of carbonyl (C=O) groups is 1. The molecular formula is C9H15N5O. The van der Waals surface area contributed by atoms with E-state index in [0.717, 1.165) is 25.7 Å². The van der Waals surface area contributed by atoms with Crippen LogP contribution in [0.3, 0.4) is 0 Å². The molecule has 82 valence electrons. The summed E-state index contributed by atoms with van der Waals surface area (Å²) in [4.78, 5) is 11.6. The van der Waals surface area contributed by atoms with Crippen LogP contribution in [-0.2, 0) is 0 Å². The molecule has 0 radical (unpaired) electrons. The molecule has 1 fully saturated rings. The summed E-state index contributed by atoms with van der Waals surface area (Å²) < 4.78 is 0. The van der Waals surface area contributed by atoms with Gasteiger partial charge in [-0.25, -0.2) is 0 Å². The molecule has 0 aliphatic heterocycles. The highest BCUT2D eigenvalue weighted by Gasteiger charge is 2.24. The Labute approximate surface area is 87.6 Å². The van der Waals surface area contributed by atoms with E-state index in [2.05, 4.69) is 20.7 Å². The van der Waals surface area contributed by atoms with Crippen molar-refractivity contribution >= 4 is 5.91 Å². The lowest BCUT2D eigenvalue weighted by atomic mass is 9.91. The summed E-state index contributed by atoms with van der Waals surface area (Å²) in [6.07, 6.45) is 5.60. The van der Waals surface area contributed by atoms with Crippen LogP contribution in [0.15, 0.2) is 6.20 Å². The van der Waals surface area contributed by atoms with Gasteiger partial charge in [-0.1, -0.05) is 12.8 Å². The second-order valence-electron chi connectivity index (χ2n) is 3.88. The van der Waals surface area contributed by atoms with Crippen molar-refractivity contribution in [3.05, 3.63) is 11.9 Å². The Bertz CT molecular complexity index is 323. The fourth-order valence-electron chi connectivity index (χ4n) is 1.89. The van der Waals surface area contributed by atoms with Crippen LogP contribution in [0.25, 0.3) is 0 Å². The monoisotopic (exact) mass is 209 g/mol. The van der Waals surface area contributed by atoms with E-state index in [1.165, 1.54) is 6.20 Å². The molecule has 6 heteroatoms. The van der Waals surface area contributed by atoms with Crippen molar-refractivity contribution in [2.45, 2.75) is 37.8 Å². The molecule has 0 saturated heterocycles. The molecule has 4 N–H and O–H groups in total. The van der Waals surface area contributed by atoms with E-state index in [-0.39, 0.29) is 18.0 Å². The van der Waals surface area contributed by atoms with Crippen molar-refractivity contribution < 1.29 is 4.79 Å². The van der Waals surface area contributed by atoms with Gasteiger partial charge in [-0.15, -0.1) is 0 Å². The number of rotatable bonds is 2. The summed E-state index contributed by atoms with van der Waals surface area (Å²) in [5.74, 6) is -0.203. The zero-order chi connectivity index (χ0) is 10.7. The predicted molar refractivity (Wildman–Crippen MR) is 54.1 cm³/mol. The molecule has 1 aromatic rings. The lowest BCUT2D eigenvalue weighted by Gasteiger charge is -2.28. The highest BCUT2D eigenvalue weighted by atomic mass is 16.2. The third kappa shape index (κ3) is 2.33. The largest absolute Gasteiger partial charge is 0.346 e. The number of nitrogens with one attached hydrogen (secondary N) is 2. The molecule has 15 heavy (non-hydrogen) atoms. The average Bonchev–Trinajstić information content (AvgIpc) is 2.74. The summed E-state index contributed by atoms with van der Waals surface area (Å²) >= 11 is 0. The number of aromatic nitrogens is 3. The Balaban J connectivity index is 1.93. The first kappa shape index (κ1) is 10.1. The highest BCUT2D eigenvalue weighted by molar-refractivity contribution is 5.92. The van der Waals surface area contributed by atoms with Gasteiger partial charge in [0.05, 0.1) is 6.20 Å². The maximum atomic E-state index is 11.6. The number of aromatic amines is 1. The molecule has 2 rings (SSSR count). The van der Waals surface area contributed by atoms with E-state index in [9.17, 15) is 4.79 Å². The highest BCUT2D eigenvalue weighted by Crippen LogP contribution is 2.16. The summed E-state index contributed by atoms with van der Waals surface area (Å²) in [6.45, 7) is 0. The minimum absolute atomic E-state index is 0.0644. The van der Waals surface area contributed by atoms with Crippen LogP contribution in [0.1, 0.15) is 36.2 Å². The maximum absolute atomic E-state index is 11.6. The van der Waals surface area contributed by atoms with Crippen LogP contribution in [0.5, 0.6) is 0 Å². The SMILES string of the molecule is NC1CCCCC1NC(=O)c1cn[nH]n1. The van der Waals surface area contributed by atoms with Gasteiger partial charge in [0.2, 0.25) is 0 Å². The summed E-state index contributed by atoms with van der Waals surface area (Å²) in [5, 5.41) is 12.6. The van der Waals surface area contributed by atoms with Gasteiger partial charge in [0.15, 0.2) is 5.69 Å². The zero-order valence-electron chi connectivity index (χ0n) is 8.44. The number of H-pyrrole nitrogens is 1. The smallest absolute Gasteiger partial charge is 0.273 e. The second-order valence-corrected chi connectivity index (χ2v) is 3.88. The Kier molecular flexibility index (Phi) is 2.96. The van der Waals surface area contributed by atoms with Gasteiger partial charge in [-0.3, -0.25) is 4.79 Å². The van der Waals surface area contributed by atoms with E-state index in [0.29, 0.717) is 5.69 Å². The van der Waals surface area contributed by atoms with Crippen molar-refractivity contribution in [2.24, 2.45) is 5.73 Å². The molecule has 1 saturated carbocycles. The Hall–Kier alpha value is -1.43. The first-order chi connectivity index (χ1) is 7.27. The van der Waals surface area contributed by atoms with Crippen LogP contribution >= 0.6 is 0 Å². The molecule has 1 amide bonds. The first-order valence-corrected chi connectivity index (χ1v) is 5.19. The predicted octanol–water partition coefficient (Wildman–Crippen LogP) is -0.196. The molecule has 1 aromatic heterocycles. The van der Waals surface area contributed by atoms with Crippen LogP contribution in [0.2, 0.25) is 0 Å². The van der Waals surface area contributed by atoms with Crippen molar-refractivity contribution in [1.29, 1.82) is 0 Å². The van der Waals surface area contributed by atoms with Gasteiger partial charge in [0.25, 0.3) is 5.91 Å². The summed E-state index contributed by atoms with van der Waals surface area (Å²) in [7, 11) is 0. The van der Waals surface area contributed by atoms with E-state index >= 15 is 0 Å². The van der Waals surface area contributed by atoms with Gasteiger partial charge in [-0.2, -0.15) is 15.4 Å². The van der Waals surface area contributed by atoms with Crippen molar-refractivity contribution in [3.63, 3.8) is 0 Å². The van der Waals surface area contributed by atoms with E-state index in [1.54, 1.807) is 0 Å². The van der Waals surface area contributed by atoms with Crippen LogP contribution < -0.4 is 11.1 Å². The lowest BCUT2D eigenvalue weighted by molar-refractivity contribution is 0.0916. The topological polar surface area (TPSA) is 96.7 Å². The Morgan fingerprint density at radius 3 is 3.00 bits per heavy atom. The first-order valence-electron chi connectivity index (χ1n) is 5.19. The number of hydrogen-bond donors (Lipinski definition) is 3. The van der Waals surface area contributed by atoms with Crippen molar-refractivity contribution in [3.8, 4) is 0 Å². The minimum atomic E-state index is -0.203. The van der Waals surface area contributed by atoms with Crippen LogP contribution in [0, 0.1) is 0 Å². The third-order valence-corrected chi connectivity index (χ3v) is 2.78. The van der Waals surface area contributed by atoms with E-state index < -0.39 is 0 Å². The number of nitrogens with zero attached hydrogens (tertiary/aromatic N) is 2. The van der Waals surface area contributed by atoms with Gasteiger partial charge in [0, 0.05) is 12.1 Å². The summed E-state index contributed by atoms with van der Waals surface area (Å²) in [5.41, 5.74) is 6.23. The lowest BCUT2D eigenvalue weighted by Crippen LogP contribution is -2.49. The molecule has 6 nitrogen and oxygen atoms in total. The molecule has 2 unspecified atom stereocenters. The Morgan fingerprint density at radius 1 is 1.53 bits per heavy atom. The fourth-order valence-corrected chi connectivity index (χ4v) is 1.89. The van der Waals surface area contributed by atoms with Crippen molar-refractivity contribution in [2.75, 3.05) is 0 Å². The normalized spacial score (nSPS) is 26.2. The zero-order valence-corrected chi connectivity index (χ0v) is 8.44. The maximum Gasteiger partial charge on any atom is 0.273 e. The fraction of sp³-hybridized carbons (Fsp3) is 0.667. The van der Waals surface area contributed by atoms with Gasteiger partial charge in [0.1, 0.15) is 0 Å². The van der Waals surface area contributed by atoms with Gasteiger partial charge >= 0.3 is 0 Å². The number of carbonyl (C=O) groups excluding carboxylic acids is 1. The number of hydrogen-bond acceptors (Lipinski definition) is 4. The van der Waals surface area contributed by atoms with Gasteiger partial charge in [-0.05, 0) is 12.8 Å². The van der Waals surface area contributed by atoms with E-state index in [1.807, 2.05) is 0 Å². The number of amides is 1. The van der Waals surface area contributed by atoms with Crippen LogP contribution in [0.4, 0.5) is 0 Å². The molecular weight excluding hydrogens is 194 g/mol. The molecule has 2 atom stereocenters. The quantitative estimate of drug-likeness (QED) is 0.628. The standard InChI is InChI=1S/C9H15N5O/c10-6-3-1-2-4-7(6)12-9(15)8-5-11-14-13-8/h5-7H,1-4,10H2,(H,12,15)(H,11,13,14). The molecule has 1 aliphatic carbocycles. The third-order valence-electron chi connectivity index (χ3n) is 2.78. The molecule has 0 spiro atoms. The second kappa shape index (κ2) is 4.39. The summed E-state index contributed by atoms with van der Waals surface area (Å²) in [6, 6.07) is 0.137. The number of nitrogens with two attached hydrogens (primary N) is 1. The molecule has 0 aromatic carbocycles. The Morgan fingerprint density at radius 2 is 2.33 bits per heavy atom. The average molecular weight is 209 g/mol. The molecule has 1 aliphatic rings. The molecule has 1 heterocycles.